The van der Waals surface area contributed by atoms with Crippen LogP contribution in [-0.4, -0.2) is 31.1 Å². The lowest BCUT2D eigenvalue weighted by molar-refractivity contribution is 0.285. The molecule has 2 N–H and O–H groups in total. The standard InChI is InChI=1S/C13H20BrNO3S3/c1-19-13(5-3-2-4-6-13)9-15-21(17,18)11-7-10(8-16)20-12(11)14/h7,15-16H,2-6,8-9H2,1H3. The molecule has 0 aromatic carbocycles. The number of aliphatic hydroxyl groups is 1. The molecule has 0 aliphatic heterocycles. The van der Waals surface area contributed by atoms with E-state index in [0.29, 0.717) is 15.2 Å². The van der Waals surface area contributed by atoms with E-state index >= 15 is 0 Å². The molecule has 1 heterocycles. The lowest BCUT2D eigenvalue weighted by atomic mass is 9.88. The third-order valence-corrected chi connectivity index (χ3v) is 8.99. The van der Waals surface area contributed by atoms with Crippen LogP contribution in [0.4, 0.5) is 0 Å². The smallest absolute Gasteiger partial charge is 0.242 e. The summed E-state index contributed by atoms with van der Waals surface area (Å²) in [5.74, 6) is 0. The van der Waals surface area contributed by atoms with Crippen molar-refractivity contribution in [1.29, 1.82) is 0 Å². The van der Waals surface area contributed by atoms with E-state index in [4.69, 9.17) is 5.11 Å². The Labute approximate surface area is 142 Å². The Morgan fingerprint density at radius 2 is 2.10 bits per heavy atom. The summed E-state index contributed by atoms with van der Waals surface area (Å²) in [6, 6.07) is 1.53. The fraction of sp³-hybridized carbons (Fsp3) is 0.692. The highest BCUT2D eigenvalue weighted by Gasteiger charge is 2.33. The summed E-state index contributed by atoms with van der Waals surface area (Å²) < 4.78 is 28.2. The molecule has 8 heteroatoms. The van der Waals surface area contributed by atoms with Crippen molar-refractivity contribution in [3.8, 4) is 0 Å². The van der Waals surface area contributed by atoms with E-state index in [-0.39, 0.29) is 16.2 Å². The number of hydrogen-bond acceptors (Lipinski definition) is 5. The van der Waals surface area contributed by atoms with E-state index in [9.17, 15) is 8.42 Å². The zero-order valence-electron chi connectivity index (χ0n) is 11.9. The van der Waals surface area contributed by atoms with Crippen molar-refractivity contribution in [2.45, 2.75) is 48.4 Å². The molecule has 0 atom stereocenters. The molecule has 0 saturated heterocycles. The minimum absolute atomic E-state index is 0.0215. The van der Waals surface area contributed by atoms with Gasteiger partial charge in [0.15, 0.2) is 0 Å². The maximum atomic E-state index is 12.5. The molecule has 0 bridgehead atoms. The van der Waals surface area contributed by atoms with Crippen molar-refractivity contribution < 1.29 is 13.5 Å². The van der Waals surface area contributed by atoms with Crippen LogP contribution in [0.2, 0.25) is 0 Å². The van der Waals surface area contributed by atoms with Crippen LogP contribution in [0.5, 0.6) is 0 Å². The maximum Gasteiger partial charge on any atom is 0.242 e. The molecule has 1 aromatic heterocycles. The Morgan fingerprint density at radius 1 is 1.43 bits per heavy atom. The molecule has 1 aliphatic rings. The van der Waals surface area contributed by atoms with Gasteiger partial charge in [-0.1, -0.05) is 19.3 Å². The van der Waals surface area contributed by atoms with Crippen LogP contribution in [0.3, 0.4) is 0 Å². The van der Waals surface area contributed by atoms with Gasteiger partial charge < -0.3 is 5.11 Å². The Morgan fingerprint density at radius 3 is 2.62 bits per heavy atom. The molecule has 120 valence electrons. The van der Waals surface area contributed by atoms with E-state index in [1.54, 1.807) is 11.8 Å². The van der Waals surface area contributed by atoms with Crippen LogP contribution >= 0.6 is 39.0 Å². The number of thioether (sulfide) groups is 1. The first-order valence-corrected chi connectivity index (χ1v) is 11.2. The monoisotopic (exact) mass is 413 g/mol. The Bertz CT molecular complexity index is 579. The minimum Gasteiger partial charge on any atom is -0.391 e. The molecule has 0 amide bonds. The van der Waals surface area contributed by atoms with Crippen LogP contribution in [0.15, 0.2) is 14.7 Å². The van der Waals surface area contributed by atoms with Crippen molar-refractivity contribution >= 4 is 49.1 Å². The van der Waals surface area contributed by atoms with Gasteiger partial charge >= 0.3 is 0 Å². The van der Waals surface area contributed by atoms with Crippen molar-refractivity contribution in [1.82, 2.24) is 4.72 Å². The molecule has 0 spiro atoms. The van der Waals surface area contributed by atoms with E-state index in [1.165, 1.54) is 36.7 Å². The highest BCUT2D eigenvalue weighted by atomic mass is 79.9. The topological polar surface area (TPSA) is 66.4 Å². The van der Waals surface area contributed by atoms with Gasteiger partial charge in [-0.25, -0.2) is 13.1 Å². The number of halogens is 1. The lowest BCUT2D eigenvalue weighted by Crippen LogP contribution is -2.41. The third-order valence-electron chi connectivity index (χ3n) is 3.93. The zero-order valence-corrected chi connectivity index (χ0v) is 15.9. The Kier molecular flexibility index (Phi) is 6.18. The maximum absolute atomic E-state index is 12.5. The van der Waals surface area contributed by atoms with E-state index in [0.717, 1.165) is 12.8 Å². The van der Waals surface area contributed by atoms with E-state index in [2.05, 4.69) is 26.9 Å². The highest BCUT2D eigenvalue weighted by Crippen LogP contribution is 2.38. The normalized spacial score (nSPS) is 18.8. The number of rotatable bonds is 6. The largest absolute Gasteiger partial charge is 0.391 e. The molecule has 2 rings (SSSR count). The fourth-order valence-electron chi connectivity index (χ4n) is 2.61. The minimum atomic E-state index is -3.54. The summed E-state index contributed by atoms with van der Waals surface area (Å²) >= 11 is 6.29. The molecule has 21 heavy (non-hydrogen) atoms. The van der Waals surface area contributed by atoms with Crippen molar-refractivity contribution in [3.05, 3.63) is 14.7 Å². The Balaban J connectivity index is 2.11. The van der Waals surface area contributed by atoms with Gasteiger partial charge in [-0.05, 0) is 41.1 Å². The Hall–Kier alpha value is 0.400. The first-order chi connectivity index (χ1) is 9.92. The summed E-state index contributed by atoms with van der Waals surface area (Å²) in [6.45, 7) is 0.320. The van der Waals surface area contributed by atoms with E-state index < -0.39 is 10.0 Å². The van der Waals surface area contributed by atoms with Gasteiger partial charge in [-0.3, -0.25) is 0 Å². The van der Waals surface area contributed by atoms with Crippen LogP contribution in [0.25, 0.3) is 0 Å². The van der Waals surface area contributed by atoms with Crippen molar-refractivity contribution in [2.24, 2.45) is 0 Å². The summed E-state index contributed by atoms with van der Waals surface area (Å²) in [5.41, 5.74) is 0. The number of thiophene rings is 1. The first kappa shape index (κ1) is 17.7. The summed E-state index contributed by atoms with van der Waals surface area (Å²) in [4.78, 5) is 0.864. The van der Waals surface area contributed by atoms with Gasteiger partial charge in [-0.15, -0.1) is 11.3 Å². The molecule has 0 unspecified atom stereocenters. The predicted molar refractivity (Wildman–Crippen MR) is 92.5 cm³/mol. The van der Waals surface area contributed by atoms with Crippen molar-refractivity contribution in [2.75, 3.05) is 12.8 Å². The van der Waals surface area contributed by atoms with Crippen LogP contribution in [0.1, 0.15) is 37.0 Å². The molecule has 1 saturated carbocycles. The summed E-state index contributed by atoms with van der Waals surface area (Å²) in [7, 11) is -3.54. The second kappa shape index (κ2) is 7.31. The van der Waals surface area contributed by atoms with Gasteiger partial charge in [0.1, 0.15) is 4.90 Å². The quantitative estimate of drug-likeness (QED) is 0.749. The molecule has 0 radical (unpaired) electrons. The van der Waals surface area contributed by atoms with Gasteiger partial charge in [-0.2, -0.15) is 11.8 Å². The molecular formula is C13H20BrNO3S3. The van der Waals surface area contributed by atoms with Gasteiger partial charge in [0, 0.05) is 16.2 Å². The number of sulfonamides is 1. The second-order valence-corrected chi connectivity index (χ2v) is 10.7. The first-order valence-electron chi connectivity index (χ1n) is 6.86. The molecule has 1 aliphatic carbocycles. The van der Waals surface area contributed by atoms with Crippen LogP contribution < -0.4 is 4.72 Å². The highest BCUT2D eigenvalue weighted by molar-refractivity contribution is 9.11. The lowest BCUT2D eigenvalue weighted by Gasteiger charge is -2.35. The molecule has 4 nitrogen and oxygen atoms in total. The van der Waals surface area contributed by atoms with E-state index in [1.807, 2.05) is 0 Å². The fourth-order valence-corrected chi connectivity index (χ4v) is 7.28. The van der Waals surface area contributed by atoms with Crippen LogP contribution in [0, 0.1) is 0 Å². The second-order valence-electron chi connectivity index (χ2n) is 5.28. The van der Waals surface area contributed by atoms with Gasteiger partial charge in [0.2, 0.25) is 10.0 Å². The number of nitrogens with one attached hydrogen (secondary N) is 1. The van der Waals surface area contributed by atoms with Gasteiger partial charge in [0.25, 0.3) is 0 Å². The molecular weight excluding hydrogens is 394 g/mol. The predicted octanol–water partition coefficient (Wildman–Crippen LogP) is 3.35. The van der Waals surface area contributed by atoms with Gasteiger partial charge in [0.05, 0.1) is 10.4 Å². The van der Waals surface area contributed by atoms with Crippen LogP contribution in [-0.2, 0) is 16.6 Å². The number of aliphatic hydroxyl groups excluding tert-OH is 1. The molecule has 1 fully saturated rings. The summed E-state index contributed by atoms with van der Waals surface area (Å²) in [5, 5.41) is 9.12. The number of hydrogen-bond donors (Lipinski definition) is 2. The average molecular weight is 414 g/mol. The SMILES string of the molecule is CSC1(CNS(=O)(=O)c2cc(CO)sc2Br)CCCCC1. The third kappa shape index (κ3) is 4.23. The zero-order chi connectivity index (χ0) is 15.5. The average Bonchev–Trinajstić information content (AvgIpc) is 2.88. The molecule has 1 aromatic rings. The van der Waals surface area contributed by atoms with Crippen molar-refractivity contribution in [3.63, 3.8) is 0 Å². The summed E-state index contributed by atoms with van der Waals surface area (Å²) in [6.07, 6.45) is 7.75.